The molecule has 1 aliphatic heterocycles. The summed E-state index contributed by atoms with van der Waals surface area (Å²) in [5.41, 5.74) is 6.79. The van der Waals surface area contributed by atoms with Crippen molar-refractivity contribution in [3.8, 4) is 0 Å². The molecule has 18 heavy (non-hydrogen) atoms. The summed E-state index contributed by atoms with van der Waals surface area (Å²) in [6.45, 7) is 5.81. The lowest BCUT2D eigenvalue weighted by Gasteiger charge is -2.42. The molecule has 1 heterocycles. The van der Waals surface area contributed by atoms with Crippen LogP contribution >= 0.6 is 22.6 Å². The number of morpholine rings is 1. The quantitative estimate of drug-likeness (QED) is 0.617. The van der Waals surface area contributed by atoms with Gasteiger partial charge in [0, 0.05) is 21.4 Å². The fourth-order valence-electron chi connectivity index (χ4n) is 2.13. The molecule has 0 aromatic heterocycles. The summed E-state index contributed by atoms with van der Waals surface area (Å²) in [4.78, 5) is 14.4. The third kappa shape index (κ3) is 2.77. The Hall–Kier alpha value is -0.820. The minimum absolute atomic E-state index is 0.0218. The number of hydrogen-bond acceptors (Lipinski definition) is 3. The van der Waals surface area contributed by atoms with Crippen LogP contribution in [0.2, 0.25) is 0 Å². The van der Waals surface area contributed by atoms with Crippen molar-refractivity contribution >= 4 is 34.2 Å². The maximum Gasteiger partial charge on any atom is 0.254 e. The molecule has 0 aliphatic carbocycles. The normalized spacial score (nSPS) is 18.7. The molecule has 0 bridgehead atoms. The van der Waals surface area contributed by atoms with Crippen LogP contribution in [0.1, 0.15) is 24.2 Å². The summed E-state index contributed by atoms with van der Waals surface area (Å²) in [6.07, 6.45) is 0. The molecule has 1 saturated heterocycles. The first-order chi connectivity index (χ1) is 8.40. The molecule has 4 nitrogen and oxygen atoms in total. The van der Waals surface area contributed by atoms with Crippen LogP contribution in [0.5, 0.6) is 0 Å². The zero-order chi connectivity index (χ0) is 13.3. The van der Waals surface area contributed by atoms with Crippen LogP contribution in [0.4, 0.5) is 5.69 Å². The predicted octanol–water partition coefficient (Wildman–Crippen LogP) is 2.12. The number of amides is 1. The summed E-state index contributed by atoms with van der Waals surface area (Å²) in [5.74, 6) is 0.0218. The van der Waals surface area contributed by atoms with Gasteiger partial charge in [-0.2, -0.15) is 0 Å². The Balaban J connectivity index is 2.30. The molecule has 1 aliphatic rings. The van der Waals surface area contributed by atoms with Gasteiger partial charge in [0.25, 0.3) is 5.91 Å². The Morgan fingerprint density at radius 3 is 2.78 bits per heavy atom. The lowest BCUT2D eigenvalue weighted by Crippen LogP contribution is -2.55. The molecule has 1 aromatic rings. The summed E-state index contributed by atoms with van der Waals surface area (Å²) >= 11 is 2.17. The standard InChI is InChI=1S/C13H17IN2O2/c1-13(2)8-18-4-3-16(13)12(17)9-5-10(14)7-11(15)6-9/h5-7H,3-4,8,15H2,1-2H3. The van der Waals surface area contributed by atoms with Crippen LogP contribution in [0.3, 0.4) is 0 Å². The third-order valence-corrected chi connectivity index (χ3v) is 3.68. The molecular formula is C13H17IN2O2. The smallest absolute Gasteiger partial charge is 0.254 e. The molecule has 0 unspecified atom stereocenters. The third-order valence-electron chi connectivity index (χ3n) is 3.06. The summed E-state index contributed by atoms with van der Waals surface area (Å²) < 4.78 is 6.40. The fraction of sp³-hybridized carbons (Fsp3) is 0.462. The minimum Gasteiger partial charge on any atom is -0.399 e. The van der Waals surface area contributed by atoms with Crippen molar-refractivity contribution in [3.63, 3.8) is 0 Å². The van der Waals surface area contributed by atoms with Crippen molar-refractivity contribution < 1.29 is 9.53 Å². The number of carbonyl (C=O) groups excluding carboxylic acids is 1. The van der Waals surface area contributed by atoms with Gasteiger partial charge in [-0.05, 0) is 54.6 Å². The van der Waals surface area contributed by atoms with E-state index in [2.05, 4.69) is 22.6 Å². The first-order valence-corrected chi connectivity index (χ1v) is 6.94. The molecular weight excluding hydrogens is 343 g/mol. The van der Waals surface area contributed by atoms with Gasteiger partial charge in [0.1, 0.15) is 0 Å². The molecule has 1 fully saturated rings. The monoisotopic (exact) mass is 360 g/mol. The van der Waals surface area contributed by atoms with Gasteiger partial charge in [-0.15, -0.1) is 0 Å². The highest BCUT2D eigenvalue weighted by molar-refractivity contribution is 14.1. The van der Waals surface area contributed by atoms with Crippen molar-refractivity contribution in [2.45, 2.75) is 19.4 Å². The van der Waals surface area contributed by atoms with Gasteiger partial charge in [-0.25, -0.2) is 0 Å². The average Bonchev–Trinajstić information content (AvgIpc) is 2.26. The lowest BCUT2D eigenvalue weighted by atomic mass is 10.0. The van der Waals surface area contributed by atoms with E-state index in [1.54, 1.807) is 6.07 Å². The van der Waals surface area contributed by atoms with Gasteiger partial charge in [0.15, 0.2) is 0 Å². The lowest BCUT2D eigenvalue weighted by molar-refractivity contribution is -0.0370. The number of nitrogens with two attached hydrogens (primary N) is 1. The maximum atomic E-state index is 12.5. The topological polar surface area (TPSA) is 55.6 Å². The zero-order valence-corrected chi connectivity index (χ0v) is 12.7. The van der Waals surface area contributed by atoms with Gasteiger partial charge in [-0.1, -0.05) is 0 Å². The average molecular weight is 360 g/mol. The predicted molar refractivity (Wildman–Crippen MR) is 79.5 cm³/mol. The van der Waals surface area contributed by atoms with Gasteiger partial charge in [0.05, 0.1) is 18.8 Å². The molecule has 1 amide bonds. The molecule has 5 heteroatoms. The van der Waals surface area contributed by atoms with Crippen molar-refractivity contribution in [1.82, 2.24) is 4.90 Å². The largest absolute Gasteiger partial charge is 0.399 e. The molecule has 2 N–H and O–H groups in total. The number of halogens is 1. The first kappa shape index (κ1) is 13.6. The number of ether oxygens (including phenoxy) is 1. The van der Waals surface area contributed by atoms with E-state index in [0.717, 1.165) is 3.57 Å². The van der Waals surface area contributed by atoms with Crippen LogP contribution < -0.4 is 5.73 Å². The Labute approximate surface area is 121 Å². The van der Waals surface area contributed by atoms with Crippen molar-refractivity contribution in [3.05, 3.63) is 27.3 Å². The van der Waals surface area contributed by atoms with Crippen LogP contribution in [0, 0.1) is 3.57 Å². The van der Waals surface area contributed by atoms with E-state index < -0.39 is 0 Å². The molecule has 0 atom stereocenters. The van der Waals surface area contributed by atoms with Crippen LogP contribution in [0.25, 0.3) is 0 Å². The van der Waals surface area contributed by atoms with E-state index in [0.29, 0.717) is 31.0 Å². The van der Waals surface area contributed by atoms with E-state index in [1.807, 2.05) is 30.9 Å². The second kappa shape index (κ2) is 5.05. The molecule has 0 radical (unpaired) electrons. The van der Waals surface area contributed by atoms with E-state index in [1.165, 1.54) is 0 Å². The number of carbonyl (C=O) groups is 1. The van der Waals surface area contributed by atoms with E-state index in [-0.39, 0.29) is 11.4 Å². The number of hydrogen-bond donors (Lipinski definition) is 1. The minimum atomic E-state index is -0.272. The number of nitrogen functional groups attached to an aromatic ring is 1. The molecule has 1 aromatic carbocycles. The first-order valence-electron chi connectivity index (χ1n) is 5.86. The van der Waals surface area contributed by atoms with E-state index >= 15 is 0 Å². The van der Waals surface area contributed by atoms with E-state index in [4.69, 9.17) is 10.5 Å². The second-order valence-corrected chi connectivity index (χ2v) is 6.34. The Kier molecular flexibility index (Phi) is 3.82. The van der Waals surface area contributed by atoms with Crippen molar-refractivity contribution in [2.75, 3.05) is 25.5 Å². The van der Waals surface area contributed by atoms with Gasteiger partial charge in [0.2, 0.25) is 0 Å². The molecule has 0 saturated carbocycles. The Morgan fingerprint density at radius 1 is 1.44 bits per heavy atom. The molecule has 0 spiro atoms. The van der Waals surface area contributed by atoms with Gasteiger partial charge < -0.3 is 15.4 Å². The van der Waals surface area contributed by atoms with E-state index in [9.17, 15) is 4.79 Å². The van der Waals surface area contributed by atoms with Gasteiger partial charge >= 0.3 is 0 Å². The van der Waals surface area contributed by atoms with Crippen molar-refractivity contribution in [1.29, 1.82) is 0 Å². The van der Waals surface area contributed by atoms with Crippen molar-refractivity contribution in [2.24, 2.45) is 0 Å². The SMILES string of the molecule is CC1(C)COCCN1C(=O)c1cc(N)cc(I)c1. The number of benzene rings is 1. The fourth-order valence-corrected chi connectivity index (χ4v) is 2.82. The highest BCUT2D eigenvalue weighted by Crippen LogP contribution is 2.23. The second-order valence-electron chi connectivity index (χ2n) is 5.10. The van der Waals surface area contributed by atoms with Crippen LogP contribution in [-0.4, -0.2) is 36.1 Å². The maximum absolute atomic E-state index is 12.5. The number of anilines is 1. The summed E-state index contributed by atoms with van der Waals surface area (Å²) in [7, 11) is 0. The Morgan fingerprint density at radius 2 is 2.17 bits per heavy atom. The number of rotatable bonds is 1. The molecule has 98 valence electrons. The summed E-state index contributed by atoms with van der Waals surface area (Å²) in [6, 6.07) is 5.45. The highest BCUT2D eigenvalue weighted by Gasteiger charge is 2.34. The number of nitrogens with zero attached hydrogens (tertiary/aromatic N) is 1. The zero-order valence-electron chi connectivity index (χ0n) is 10.6. The highest BCUT2D eigenvalue weighted by atomic mass is 127. The molecule has 2 rings (SSSR count). The van der Waals surface area contributed by atoms with Crippen LogP contribution in [-0.2, 0) is 4.74 Å². The van der Waals surface area contributed by atoms with Crippen LogP contribution in [0.15, 0.2) is 18.2 Å². The van der Waals surface area contributed by atoms with Gasteiger partial charge in [-0.3, -0.25) is 4.79 Å². The Bertz CT molecular complexity index is 454. The summed E-state index contributed by atoms with van der Waals surface area (Å²) in [5, 5.41) is 0.